The average Bonchev–Trinajstić information content (AvgIpc) is 2.78. The lowest BCUT2D eigenvalue weighted by atomic mass is 10.1. The van der Waals surface area contributed by atoms with Gasteiger partial charge in [0.2, 0.25) is 0 Å². The number of halogens is 3. The van der Waals surface area contributed by atoms with E-state index in [-0.39, 0.29) is 27.0 Å². The van der Waals surface area contributed by atoms with Crippen molar-refractivity contribution in [3.63, 3.8) is 0 Å². The topological polar surface area (TPSA) is 82.2 Å². The molecule has 0 unspecified atom stereocenters. The Labute approximate surface area is 128 Å². The Hall–Kier alpha value is -1.69. The van der Waals surface area contributed by atoms with Crippen LogP contribution < -0.4 is 5.32 Å². The van der Waals surface area contributed by atoms with Gasteiger partial charge in [-0.1, -0.05) is 34.8 Å². The minimum Gasteiger partial charge on any atom is -0.478 e. The maximum absolute atomic E-state index is 12.0. The van der Waals surface area contributed by atoms with E-state index >= 15 is 0 Å². The molecule has 8 heteroatoms. The maximum Gasteiger partial charge on any atom is 0.337 e. The third kappa shape index (κ3) is 3.07. The summed E-state index contributed by atoms with van der Waals surface area (Å²) in [6.45, 7) is 0. The zero-order chi connectivity index (χ0) is 14.9. The standard InChI is InChI=1S/C12H7Cl3N2O3/c13-5-1-7(12(19)20)10(8(15)2-5)17-11(18)9-3-6(14)4-16-9/h1-4,16H,(H,17,18)(H,19,20). The molecule has 1 aromatic heterocycles. The van der Waals surface area contributed by atoms with Gasteiger partial charge in [0, 0.05) is 11.2 Å². The second kappa shape index (κ2) is 5.75. The molecule has 0 radical (unpaired) electrons. The van der Waals surface area contributed by atoms with E-state index in [4.69, 9.17) is 39.9 Å². The number of hydrogen-bond donors (Lipinski definition) is 3. The molecule has 20 heavy (non-hydrogen) atoms. The molecule has 0 atom stereocenters. The number of benzene rings is 1. The predicted molar refractivity (Wildman–Crippen MR) is 77.2 cm³/mol. The lowest BCUT2D eigenvalue weighted by Crippen LogP contribution is -2.15. The summed E-state index contributed by atoms with van der Waals surface area (Å²) in [4.78, 5) is 25.7. The number of rotatable bonds is 3. The molecule has 0 saturated heterocycles. The highest BCUT2D eigenvalue weighted by atomic mass is 35.5. The number of carbonyl (C=O) groups is 2. The van der Waals surface area contributed by atoms with Gasteiger partial charge < -0.3 is 15.4 Å². The van der Waals surface area contributed by atoms with Crippen molar-refractivity contribution < 1.29 is 14.7 Å². The number of anilines is 1. The number of H-pyrrole nitrogens is 1. The third-order valence-corrected chi connectivity index (χ3v) is 3.15. The van der Waals surface area contributed by atoms with E-state index in [0.29, 0.717) is 5.02 Å². The van der Waals surface area contributed by atoms with E-state index in [1.807, 2.05) is 0 Å². The van der Waals surface area contributed by atoms with Crippen LogP contribution in [0.4, 0.5) is 5.69 Å². The van der Waals surface area contributed by atoms with Gasteiger partial charge in [0.05, 0.1) is 21.3 Å². The van der Waals surface area contributed by atoms with Crippen molar-refractivity contribution in [2.24, 2.45) is 0 Å². The molecule has 1 heterocycles. The highest BCUT2D eigenvalue weighted by Crippen LogP contribution is 2.30. The summed E-state index contributed by atoms with van der Waals surface area (Å²) in [6, 6.07) is 3.95. The number of amides is 1. The summed E-state index contributed by atoms with van der Waals surface area (Å²) in [5.41, 5.74) is -0.0508. The van der Waals surface area contributed by atoms with Crippen LogP contribution in [0.5, 0.6) is 0 Å². The molecule has 0 bridgehead atoms. The molecule has 1 amide bonds. The number of nitrogens with one attached hydrogen (secondary N) is 2. The van der Waals surface area contributed by atoms with E-state index < -0.39 is 11.9 Å². The number of aromatic carboxylic acids is 1. The van der Waals surface area contributed by atoms with Crippen LogP contribution in [-0.4, -0.2) is 22.0 Å². The second-order valence-corrected chi connectivity index (χ2v) is 5.08. The molecular formula is C12H7Cl3N2O3. The van der Waals surface area contributed by atoms with E-state index in [1.165, 1.54) is 24.4 Å². The summed E-state index contributed by atoms with van der Waals surface area (Å²) >= 11 is 17.3. The maximum atomic E-state index is 12.0. The average molecular weight is 334 g/mol. The SMILES string of the molecule is O=C(Nc1c(Cl)cc(Cl)cc1C(=O)O)c1cc(Cl)c[nH]1. The van der Waals surface area contributed by atoms with Gasteiger partial charge in [0.1, 0.15) is 5.69 Å². The fourth-order valence-corrected chi connectivity index (χ4v) is 2.25. The third-order valence-electron chi connectivity index (χ3n) is 2.42. The van der Waals surface area contributed by atoms with Crippen LogP contribution in [0.15, 0.2) is 24.4 Å². The molecule has 0 aliphatic rings. The van der Waals surface area contributed by atoms with Crippen molar-refractivity contribution in [3.05, 3.63) is 50.7 Å². The zero-order valence-corrected chi connectivity index (χ0v) is 12.0. The van der Waals surface area contributed by atoms with Gasteiger partial charge >= 0.3 is 5.97 Å². The van der Waals surface area contributed by atoms with E-state index in [0.717, 1.165) is 0 Å². The summed E-state index contributed by atoms with van der Waals surface area (Å²) < 4.78 is 0. The van der Waals surface area contributed by atoms with Crippen LogP contribution in [-0.2, 0) is 0 Å². The van der Waals surface area contributed by atoms with Crippen molar-refractivity contribution in [3.8, 4) is 0 Å². The predicted octanol–water partition coefficient (Wildman–Crippen LogP) is 3.93. The summed E-state index contributed by atoms with van der Waals surface area (Å²) in [5.74, 6) is -1.82. The molecular weight excluding hydrogens is 327 g/mol. The van der Waals surface area contributed by atoms with Crippen molar-refractivity contribution >= 4 is 52.4 Å². The van der Waals surface area contributed by atoms with Crippen LogP contribution in [0.3, 0.4) is 0 Å². The smallest absolute Gasteiger partial charge is 0.337 e. The van der Waals surface area contributed by atoms with Crippen LogP contribution >= 0.6 is 34.8 Å². The van der Waals surface area contributed by atoms with Gasteiger partial charge in [0.15, 0.2) is 0 Å². The molecule has 0 saturated carbocycles. The van der Waals surface area contributed by atoms with Crippen LogP contribution in [0.1, 0.15) is 20.8 Å². The number of carbonyl (C=O) groups excluding carboxylic acids is 1. The largest absolute Gasteiger partial charge is 0.478 e. The lowest BCUT2D eigenvalue weighted by Gasteiger charge is -2.10. The minimum absolute atomic E-state index is 0.0284. The molecule has 5 nitrogen and oxygen atoms in total. The van der Waals surface area contributed by atoms with Gasteiger partial charge in [0.25, 0.3) is 5.91 Å². The van der Waals surface area contributed by atoms with Crippen LogP contribution in [0.2, 0.25) is 15.1 Å². The van der Waals surface area contributed by atoms with E-state index in [1.54, 1.807) is 0 Å². The summed E-state index contributed by atoms with van der Waals surface area (Å²) in [7, 11) is 0. The number of carboxylic acids is 1. The zero-order valence-electron chi connectivity index (χ0n) is 9.71. The number of hydrogen-bond acceptors (Lipinski definition) is 2. The van der Waals surface area contributed by atoms with Gasteiger partial charge in [-0.15, -0.1) is 0 Å². The van der Waals surface area contributed by atoms with Crippen LogP contribution in [0.25, 0.3) is 0 Å². The molecule has 104 valence electrons. The molecule has 0 spiro atoms. The van der Waals surface area contributed by atoms with Gasteiger partial charge in [-0.2, -0.15) is 0 Å². The normalized spacial score (nSPS) is 10.3. The Morgan fingerprint density at radius 2 is 1.80 bits per heavy atom. The molecule has 1 aromatic carbocycles. The van der Waals surface area contributed by atoms with Gasteiger partial charge in [-0.3, -0.25) is 4.79 Å². The Bertz CT molecular complexity index is 697. The molecule has 0 aliphatic carbocycles. The fraction of sp³-hybridized carbons (Fsp3) is 0. The van der Waals surface area contributed by atoms with Crippen LogP contribution in [0, 0.1) is 0 Å². The Kier molecular flexibility index (Phi) is 4.23. The Morgan fingerprint density at radius 1 is 1.10 bits per heavy atom. The first-order valence-corrected chi connectivity index (χ1v) is 6.39. The number of carboxylic acid groups (broad SMARTS) is 1. The fourth-order valence-electron chi connectivity index (χ4n) is 1.55. The van der Waals surface area contributed by atoms with E-state index in [9.17, 15) is 9.59 Å². The number of aromatic nitrogens is 1. The molecule has 0 fully saturated rings. The first kappa shape index (κ1) is 14.7. The first-order valence-electron chi connectivity index (χ1n) is 5.26. The monoisotopic (exact) mass is 332 g/mol. The molecule has 0 aliphatic heterocycles. The molecule has 2 aromatic rings. The Balaban J connectivity index is 2.38. The molecule has 3 N–H and O–H groups in total. The summed E-state index contributed by atoms with van der Waals surface area (Å²) in [6.07, 6.45) is 1.43. The van der Waals surface area contributed by atoms with Crippen molar-refractivity contribution in [2.45, 2.75) is 0 Å². The highest BCUT2D eigenvalue weighted by Gasteiger charge is 2.18. The second-order valence-electron chi connectivity index (χ2n) is 3.80. The van der Waals surface area contributed by atoms with E-state index in [2.05, 4.69) is 10.3 Å². The van der Waals surface area contributed by atoms with Crippen molar-refractivity contribution in [1.29, 1.82) is 0 Å². The lowest BCUT2D eigenvalue weighted by molar-refractivity contribution is 0.0698. The van der Waals surface area contributed by atoms with Crippen molar-refractivity contribution in [1.82, 2.24) is 4.98 Å². The number of aromatic amines is 1. The quantitative estimate of drug-likeness (QED) is 0.796. The van der Waals surface area contributed by atoms with Gasteiger partial charge in [-0.25, -0.2) is 4.79 Å². The first-order chi connectivity index (χ1) is 9.38. The highest BCUT2D eigenvalue weighted by molar-refractivity contribution is 6.38. The summed E-state index contributed by atoms with van der Waals surface area (Å²) in [5, 5.41) is 12.1. The van der Waals surface area contributed by atoms with Gasteiger partial charge in [-0.05, 0) is 18.2 Å². The Morgan fingerprint density at radius 3 is 2.35 bits per heavy atom. The molecule has 2 rings (SSSR count). The minimum atomic E-state index is -1.26. The van der Waals surface area contributed by atoms with Crippen molar-refractivity contribution in [2.75, 3.05) is 5.32 Å².